The van der Waals surface area contributed by atoms with Gasteiger partial charge in [0.25, 0.3) is 0 Å². The van der Waals surface area contributed by atoms with E-state index in [9.17, 15) is 5.11 Å². The van der Waals surface area contributed by atoms with E-state index in [1.54, 1.807) is 0 Å². The van der Waals surface area contributed by atoms with Gasteiger partial charge in [0.15, 0.2) is 14.4 Å². The zero-order chi connectivity index (χ0) is 21.9. The summed E-state index contributed by atoms with van der Waals surface area (Å²) in [6.45, 7) is 0. The van der Waals surface area contributed by atoms with Crippen LogP contribution in [0.3, 0.4) is 0 Å². The van der Waals surface area contributed by atoms with Crippen molar-refractivity contribution in [1.29, 1.82) is 0 Å². The van der Waals surface area contributed by atoms with E-state index >= 15 is 0 Å². The Kier molecular flexibility index (Phi) is 9.15. The molecule has 0 aliphatic carbocycles. The second kappa shape index (κ2) is 8.79. The molecular formula is C12H3Cl14O. The van der Waals surface area contributed by atoms with Crippen LogP contribution < -0.4 is 0 Å². The molecule has 0 amide bonds. The van der Waals surface area contributed by atoms with Gasteiger partial charge in [0.05, 0.1) is 0 Å². The summed E-state index contributed by atoms with van der Waals surface area (Å²) in [6, 6.07) is 3.55. The molecule has 155 valence electrons. The maximum Gasteiger partial charge on any atom is 0.226 e. The molecule has 1 rings (SSSR count). The fourth-order valence-corrected chi connectivity index (χ4v) is 4.73. The predicted octanol–water partition coefficient (Wildman–Crippen LogP) is 10.2. The van der Waals surface area contributed by atoms with E-state index < -0.39 is 41.8 Å². The maximum atomic E-state index is 13.0. The van der Waals surface area contributed by atoms with Crippen LogP contribution in [-0.4, -0.2) is 16.3 Å². The Morgan fingerprint density at radius 2 is 0.778 bits per heavy atom. The van der Waals surface area contributed by atoms with Crippen molar-refractivity contribution in [3.63, 3.8) is 0 Å². The minimum Gasteiger partial charge on any atom is -0.289 e. The average Bonchev–Trinajstić information content (AvgIpc) is 2.44. The number of halogens is 14. The van der Waals surface area contributed by atoms with Gasteiger partial charge in [-0.2, -0.15) is 0 Å². The highest BCUT2D eigenvalue weighted by Gasteiger charge is 2.64. The first kappa shape index (κ1) is 28.1. The van der Waals surface area contributed by atoms with Crippen molar-refractivity contribution >= 4 is 162 Å². The van der Waals surface area contributed by atoms with Crippen molar-refractivity contribution < 1.29 is 5.11 Å². The molecule has 0 unspecified atom stereocenters. The van der Waals surface area contributed by atoms with Crippen LogP contribution in [0.25, 0.3) is 0 Å². The highest BCUT2D eigenvalue weighted by atomic mass is 35.6. The van der Waals surface area contributed by atoms with Crippen LogP contribution in [0.5, 0.6) is 5.75 Å². The first-order valence-electron chi connectivity index (χ1n) is 6.09. The second-order valence-electron chi connectivity index (χ2n) is 4.98. The van der Waals surface area contributed by atoms with Crippen molar-refractivity contribution in [2.75, 3.05) is 0 Å². The Bertz CT molecular complexity index is 643. The largest absolute Gasteiger partial charge is 0.289 e. The molecule has 0 spiro atoms. The van der Waals surface area contributed by atoms with E-state index in [0.29, 0.717) is 0 Å². The summed E-state index contributed by atoms with van der Waals surface area (Å²) in [5, 5.41) is 13.0. The molecule has 0 fully saturated rings. The molecule has 0 bridgehead atoms. The van der Waals surface area contributed by atoms with Gasteiger partial charge < -0.3 is 0 Å². The van der Waals surface area contributed by atoms with Crippen LogP contribution in [0.4, 0.5) is 0 Å². The predicted molar refractivity (Wildman–Crippen MR) is 123 cm³/mol. The van der Waals surface area contributed by atoms with Crippen molar-refractivity contribution in [3.05, 3.63) is 29.3 Å². The Hall–Kier alpha value is 3.08. The van der Waals surface area contributed by atoms with E-state index in [1.165, 1.54) is 6.07 Å². The van der Waals surface area contributed by atoms with Crippen LogP contribution in [0, 0.1) is 0 Å². The van der Waals surface area contributed by atoms with Gasteiger partial charge in [0.2, 0.25) is 16.3 Å². The topological polar surface area (TPSA) is 19.9 Å². The molecule has 1 aromatic rings. The van der Waals surface area contributed by atoms with Crippen molar-refractivity contribution in [1.82, 2.24) is 0 Å². The maximum absolute atomic E-state index is 13.0. The van der Waals surface area contributed by atoms with E-state index in [1.807, 2.05) is 0 Å². The first-order valence-corrected chi connectivity index (χ1v) is 11.4. The molecule has 0 atom stereocenters. The highest BCUT2D eigenvalue weighted by Crippen LogP contribution is 2.65. The lowest BCUT2D eigenvalue weighted by Gasteiger charge is -2.40. The molecule has 1 radical (unpaired) electrons. The number of hydrogen-bond acceptors (Lipinski definition) is 0. The normalized spacial score (nSPS) is 15.2. The molecule has 0 aliphatic rings. The SMILES string of the molecule is [O]c1c(C(Cl)(Cl)C(Cl)(Cl)C(Cl)(Cl)Cl)cccc1C(Cl)(Cl)C(Cl)(Cl)C(Cl)(Cl)Cl. The molecule has 0 aliphatic heterocycles. The Balaban J connectivity index is 3.71. The minimum atomic E-state index is -2.50. The van der Waals surface area contributed by atoms with Gasteiger partial charge in [-0.3, -0.25) is 5.11 Å². The molecule has 15 heteroatoms. The molecule has 27 heavy (non-hydrogen) atoms. The van der Waals surface area contributed by atoms with Gasteiger partial charge >= 0.3 is 0 Å². The van der Waals surface area contributed by atoms with Crippen LogP contribution in [0.15, 0.2) is 18.2 Å². The zero-order valence-electron chi connectivity index (χ0n) is 11.9. The molecule has 1 nitrogen and oxygen atoms in total. The lowest BCUT2D eigenvalue weighted by Crippen LogP contribution is -2.46. The lowest BCUT2D eigenvalue weighted by atomic mass is 9.99. The van der Waals surface area contributed by atoms with Gasteiger partial charge in [0, 0.05) is 11.1 Å². The lowest BCUT2D eigenvalue weighted by molar-refractivity contribution is 0.339. The van der Waals surface area contributed by atoms with Crippen molar-refractivity contribution in [2.45, 2.75) is 24.9 Å². The smallest absolute Gasteiger partial charge is 0.226 e. The summed E-state index contributed by atoms with van der Waals surface area (Å²) in [7, 11) is 0. The van der Waals surface area contributed by atoms with Crippen molar-refractivity contribution in [3.8, 4) is 5.75 Å². The Morgan fingerprint density at radius 3 is 1.00 bits per heavy atom. The van der Waals surface area contributed by atoms with Crippen LogP contribution >= 0.6 is 162 Å². The zero-order valence-corrected chi connectivity index (χ0v) is 22.5. The van der Waals surface area contributed by atoms with E-state index in [-0.39, 0.29) is 0 Å². The third-order valence-electron chi connectivity index (χ3n) is 3.19. The fourth-order valence-electron chi connectivity index (χ4n) is 1.73. The Labute approximate surface area is 225 Å². The molecular weight excluding hydrogens is 656 g/mol. The number of rotatable bonds is 4. The third-order valence-corrected chi connectivity index (χ3v) is 11.0. The van der Waals surface area contributed by atoms with Crippen LogP contribution in [0.2, 0.25) is 0 Å². The third kappa shape index (κ3) is 5.03. The summed E-state index contributed by atoms with van der Waals surface area (Å²) in [5.74, 6) is -0.993. The van der Waals surface area contributed by atoms with E-state index in [0.717, 1.165) is 12.1 Å². The van der Waals surface area contributed by atoms with Crippen LogP contribution in [-0.2, 0) is 13.8 Å². The van der Waals surface area contributed by atoms with Crippen molar-refractivity contribution in [2.24, 2.45) is 0 Å². The van der Waals surface area contributed by atoms with Crippen LogP contribution in [0.1, 0.15) is 11.1 Å². The van der Waals surface area contributed by atoms with Gasteiger partial charge in [0.1, 0.15) is 0 Å². The minimum absolute atomic E-state index is 0.459. The standard InChI is InChI=1S/C12H3Cl14O/c13-7(14,9(17,18)11(21,22)23)4-2-1-3-5(6(4)27)8(15,16)10(19,20)12(24,25)26/h1-3H. The Morgan fingerprint density at radius 1 is 0.519 bits per heavy atom. The quantitative estimate of drug-likeness (QED) is 0.287. The van der Waals surface area contributed by atoms with Gasteiger partial charge in [-0.15, -0.1) is 0 Å². The highest BCUT2D eigenvalue weighted by molar-refractivity contribution is 6.79. The summed E-state index contributed by atoms with van der Waals surface area (Å²) >= 11 is 83.2. The summed E-state index contributed by atoms with van der Waals surface area (Å²) in [6.07, 6.45) is 0. The number of para-hydroxylation sites is 1. The molecule has 0 aromatic heterocycles. The molecule has 0 saturated heterocycles. The fraction of sp³-hybridized carbons (Fsp3) is 0.500. The number of hydrogen-bond donors (Lipinski definition) is 0. The molecule has 1 aromatic carbocycles. The van der Waals surface area contributed by atoms with E-state index in [2.05, 4.69) is 0 Å². The second-order valence-corrected chi connectivity index (χ2v) is 14.8. The first-order chi connectivity index (χ1) is 11.6. The number of benzene rings is 1. The summed E-state index contributed by atoms with van der Waals surface area (Å²) in [4.78, 5) is 0. The van der Waals surface area contributed by atoms with Gasteiger partial charge in [-0.1, -0.05) is 181 Å². The monoisotopic (exact) mass is 653 g/mol. The van der Waals surface area contributed by atoms with Gasteiger partial charge in [-0.05, 0) is 0 Å². The number of alkyl halides is 14. The van der Waals surface area contributed by atoms with E-state index in [4.69, 9.17) is 162 Å². The molecule has 0 saturated carbocycles. The molecule has 0 N–H and O–H groups in total. The average molecular weight is 659 g/mol. The van der Waals surface area contributed by atoms with Gasteiger partial charge in [-0.25, -0.2) is 0 Å². The summed E-state index contributed by atoms with van der Waals surface area (Å²) < 4.78 is -14.7. The summed E-state index contributed by atoms with van der Waals surface area (Å²) in [5.41, 5.74) is -0.919. The molecule has 0 heterocycles.